The van der Waals surface area contributed by atoms with E-state index in [1.54, 1.807) is 0 Å². The van der Waals surface area contributed by atoms with Crippen LogP contribution in [0.25, 0.3) is 77.9 Å². The van der Waals surface area contributed by atoms with E-state index in [1.165, 1.54) is 89.0 Å². The highest BCUT2D eigenvalue weighted by atomic mass is 15.1. The van der Waals surface area contributed by atoms with Gasteiger partial charge in [0.1, 0.15) is 0 Å². The number of benzene rings is 10. The first-order valence-corrected chi connectivity index (χ1v) is 22.3. The lowest BCUT2D eigenvalue weighted by atomic mass is 9.82. The number of hydrogen-bond donors (Lipinski definition) is 0. The van der Waals surface area contributed by atoms with Crippen molar-refractivity contribution < 1.29 is 0 Å². The summed E-state index contributed by atoms with van der Waals surface area (Å²) in [5.41, 5.74) is 23.1. The standard InChI is InChI=1S/C63H47N/c1-63(2)59-26-14-12-24-57(59)62-56(25-16-27-60(62)63)55-23-13-15-28-61(55)64(52-38-33-47(34-39-52)46-31-29-45(30-32-46)44-17-6-3-7-18-44)53-40-35-48(36-41-53)51-37-42-54(49-19-8-4-9-20-49)58(43-51)50-21-10-5-11-22-50/h3-43H,1-2H3. The van der Waals surface area contributed by atoms with Crippen LogP contribution in [0.1, 0.15) is 25.0 Å². The van der Waals surface area contributed by atoms with Crippen LogP contribution in [0.3, 0.4) is 0 Å². The molecule has 64 heavy (non-hydrogen) atoms. The molecule has 1 aliphatic rings. The van der Waals surface area contributed by atoms with Crippen molar-refractivity contribution in [2.75, 3.05) is 4.90 Å². The predicted molar refractivity (Wildman–Crippen MR) is 271 cm³/mol. The second-order valence-electron chi connectivity index (χ2n) is 17.3. The van der Waals surface area contributed by atoms with E-state index < -0.39 is 0 Å². The Morgan fingerprint density at radius 2 is 0.672 bits per heavy atom. The van der Waals surface area contributed by atoms with Crippen LogP contribution in [0, 0.1) is 0 Å². The Morgan fingerprint density at radius 1 is 0.266 bits per heavy atom. The van der Waals surface area contributed by atoms with Gasteiger partial charge >= 0.3 is 0 Å². The van der Waals surface area contributed by atoms with Gasteiger partial charge in [-0.05, 0) is 120 Å². The summed E-state index contributed by atoms with van der Waals surface area (Å²) in [6.07, 6.45) is 0. The first-order valence-electron chi connectivity index (χ1n) is 22.3. The summed E-state index contributed by atoms with van der Waals surface area (Å²) in [5, 5.41) is 0. The minimum atomic E-state index is -0.0960. The third-order valence-electron chi connectivity index (χ3n) is 13.1. The van der Waals surface area contributed by atoms with Gasteiger partial charge in [0.15, 0.2) is 0 Å². The van der Waals surface area contributed by atoms with Crippen molar-refractivity contribution in [1.29, 1.82) is 0 Å². The third-order valence-corrected chi connectivity index (χ3v) is 13.1. The van der Waals surface area contributed by atoms with Gasteiger partial charge in [0.25, 0.3) is 0 Å². The van der Waals surface area contributed by atoms with E-state index in [4.69, 9.17) is 0 Å². The number of fused-ring (bicyclic) bond motifs is 3. The van der Waals surface area contributed by atoms with Crippen molar-refractivity contribution in [3.05, 3.63) is 260 Å². The van der Waals surface area contributed by atoms with Gasteiger partial charge in [0, 0.05) is 22.4 Å². The molecule has 1 aliphatic carbocycles. The molecule has 0 aliphatic heterocycles. The van der Waals surface area contributed by atoms with E-state index in [-0.39, 0.29) is 5.41 Å². The Morgan fingerprint density at radius 3 is 1.27 bits per heavy atom. The third kappa shape index (κ3) is 7.02. The molecule has 0 radical (unpaired) electrons. The molecule has 0 N–H and O–H groups in total. The molecule has 1 heteroatoms. The quantitative estimate of drug-likeness (QED) is 0.140. The number of hydrogen-bond acceptors (Lipinski definition) is 1. The fourth-order valence-corrected chi connectivity index (χ4v) is 9.84. The molecule has 0 amide bonds. The molecule has 0 bridgehead atoms. The molecule has 0 atom stereocenters. The summed E-state index contributed by atoms with van der Waals surface area (Å²) in [6.45, 7) is 4.71. The normalized spacial score (nSPS) is 12.3. The van der Waals surface area contributed by atoms with Crippen molar-refractivity contribution >= 4 is 17.1 Å². The van der Waals surface area contributed by atoms with E-state index in [0.29, 0.717) is 0 Å². The van der Waals surface area contributed by atoms with Gasteiger partial charge in [0.05, 0.1) is 5.69 Å². The Hall–Kier alpha value is -8.00. The molecule has 304 valence electrons. The molecule has 0 unspecified atom stereocenters. The number of rotatable bonds is 9. The SMILES string of the molecule is CC1(C)c2ccccc2-c2c(-c3ccccc3N(c3ccc(-c4ccc(-c5ccccc5)cc4)cc3)c3ccc(-c4ccc(-c5ccccc5)c(-c5ccccc5)c4)cc3)cccc21. The summed E-state index contributed by atoms with van der Waals surface area (Å²) < 4.78 is 0. The van der Waals surface area contributed by atoms with Crippen LogP contribution in [-0.4, -0.2) is 0 Å². The second kappa shape index (κ2) is 16.4. The van der Waals surface area contributed by atoms with Gasteiger partial charge in [-0.2, -0.15) is 0 Å². The number of nitrogens with zero attached hydrogens (tertiary/aromatic N) is 1. The topological polar surface area (TPSA) is 3.24 Å². The Kier molecular flexibility index (Phi) is 9.94. The van der Waals surface area contributed by atoms with Crippen molar-refractivity contribution in [1.82, 2.24) is 0 Å². The Bertz CT molecular complexity index is 3240. The van der Waals surface area contributed by atoms with Gasteiger partial charge in [-0.1, -0.05) is 226 Å². The van der Waals surface area contributed by atoms with E-state index in [9.17, 15) is 0 Å². The molecule has 0 saturated heterocycles. The lowest BCUT2D eigenvalue weighted by Gasteiger charge is -2.29. The van der Waals surface area contributed by atoms with Crippen LogP contribution in [0.15, 0.2) is 249 Å². The molecule has 0 saturated carbocycles. The molecular formula is C63H47N. The van der Waals surface area contributed by atoms with Gasteiger partial charge < -0.3 is 4.90 Å². The van der Waals surface area contributed by atoms with E-state index in [0.717, 1.165) is 17.1 Å². The molecule has 10 aromatic carbocycles. The van der Waals surface area contributed by atoms with Crippen molar-refractivity contribution in [2.45, 2.75) is 19.3 Å². The van der Waals surface area contributed by atoms with Crippen LogP contribution in [0.5, 0.6) is 0 Å². The zero-order valence-corrected chi connectivity index (χ0v) is 36.1. The second-order valence-corrected chi connectivity index (χ2v) is 17.3. The Labute approximate surface area is 377 Å². The molecule has 11 rings (SSSR count). The maximum Gasteiger partial charge on any atom is 0.0540 e. The number of anilines is 3. The minimum Gasteiger partial charge on any atom is -0.310 e. The smallest absolute Gasteiger partial charge is 0.0540 e. The van der Waals surface area contributed by atoms with Crippen LogP contribution >= 0.6 is 0 Å². The monoisotopic (exact) mass is 817 g/mol. The average molecular weight is 818 g/mol. The fraction of sp³-hybridized carbons (Fsp3) is 0.0476. The van der Waals surface area contributed by atoms with Gasteiger partial charge in [-0.25, -0.2) is 0 Å². The summed E-state index contributed by atoms with van der Waals surface area (Å²) in [6, 6.07) is 90.7. The molecule has 10 aromatic rings. The largest absolute Gasteiger partial charge is 0.310 e. The first-order chi connectivity index (χ1) is 31.5. The van der Waals surface area contributed by atoms with Crippen LogP contribution in [-0.2, 0) is 5.41 Å². The Balaban J connectivity index is 1.02. The summed E-state index contributed by atoms with van der Waals surface area (Å²) >= 11 is 0. The van der Waals surface area contributed by atoms with E-state index in [2.05, 4.69) is 267 Å². The molecule has 1 nitrogen and oxygen atoms in total. The van der Waals surface area contributed by atoms with Crippen molar-refractivity contribution in [2.24, 2.45) is 0 Å². The lowest BCUT2D eigenvalue weighted by molar-refractivity contribution is 0.660. The van der Waals surface area contributed by atoms with E-state index in [1.807, 2.05) is 0 Å². The first kappa shape index (κ1) is 38.9. The summed E-state index contributed by atoms with van der Waals surface area (Å²) in [5.74, 6) is 0. The van der Waals surface area contributed by atoms with Gasteiger partial charge in [-0.3, -0.25) is 0 Å². The van der Waals surface area contributed by atoms with Gasteiger partial charge in [-0.15, -0.1) is 0 Å². The summed E-state index contributed by atoms with van der Waals surface area (Å²) in [4.78, 5) is 2.43. The molecule has 0 spiro atoms. The maximum absolute atomic E-state index is 2.43. The van der Waals surface area contributed by atoms with Crippen molar-refractivity contribution in [3.8, 4) is 77.9 Å². The molecule has 0 heterocycles. The molecular weight excluding hydrogens is 771 g/mol. The zero-order valence-electron chi connectivity index (χ0n) is 36.1. The highest BCUT2D eigenvalue weighted by Gasteiger charge is 2.37. The van der Waals surface area contributed by atoms with Crippen LogP contribution < -0.4 is 4.90 Å². The minimum absolute atomic E-state index is 0.0960. The average Bonchev–Trinajstić information content (AvgIpc) is 3.61. The van der Waals surface area contributed by atoms with E-state index >= 15 is 0 Å². The van der Waals surface area contributed by atoms with Gasteiger partial charge in [0.2, 0.25) is 0 Å². The highest BCUT2D eigenvalue weighted by molar-refractivity contribution is 5.98. The fourth-order valence-electron chi connectivity index (χ4n) is 9.84. The van der Waals surface area contributed by atoms with Crippen LogP contribution in [0.2, 0.25) is 0 Å². The zero-order chi connectivity index (χ0) is 43.0. The highest BCUT2D eigenvalue weighted by Crippen LogP contribution is 2.54. The maximum atomic E-state index is 2.43. The summed E-state index contributed by atoms with van der Waals surface area (Å²) in [7, 11) is 0. The molecule has 0 fully saturated rings. The number of para-hydroxylation sites is 1. The predicted octanol–water partition coefficient (Wildman–Crippen LogP) is 17.5. The van der Waals surface area contributed by atoms with Crippen LogP contribution in [0.4, 0.5) is 17.1 Å². The van der Waals surface area contributed by atoms with Crippen molar-refractivity contribution in [3.63, 3.8) is 0 Å². The lowest BCUT2D eigenvalue weighted by Crippen LogP contribution is -2.14. The molecule has 0 aromatic heterocycles.